The van der Waals surface area contributed by atoms with E-state index in [4.69, 9.17) is 14.2 Å². The van der Waals surface area contributed by atoms with Crippen molar-refractivity contribution in [1.29, 1.82) is 0 Å². The van der Waals surface area contributed by atoms with Gasteiger partial charge in [-0.3, -0.25) is 9.69 Å². The molecule has 0 heterocycles. The van der Waals surface area contributed by atoms with Crippen molar-refractivity contribution in [2.24, 2.45) is 0 Å². The predicted octanol–water partition coefficient (Wildman–Crippen LogP) is 2.27. The molecule has 1 aromatic rings. The molecule has 0 aliphatic rings. The molecule has 1 aromatic carbocycles. The Morgan fingerprint density at radius 3 is 2.00 bits per heavy atom. The average molecular weight is 304 g/mol. The van der Waals surface area contributed by atoms with E-state index in [1.165, 1.54) is 14.2 Å². The molecule has 1 unspecified atom stereocenters. The number of ether oxygens (including phenoxy) is 3. The molecule has 0 fully saturated rings. The second-order valence-electron chi connectivity index (χ2n) is 4.39. The van der Waals surface area contributed by atoms with Gasteiger partial charge in [-0.15, -0.1) is 12.4 Å². The number of carbonyl (C=O) groups excluding carboxylic acids is 1. The fraction of sp³-hybridized carbons (Fsp3) is 0.500. The van der Waals surface area contributed by atoms with Crippen LogP contribution in [-0.4, -0.2) is 52.1 Å². The molecule has 114 valence electrons. The molecule has 0 N–H and O–H groups in total. The summed E-state index contributed by atoms with van der Waals surface area (Å²) in [5.41, 5.74) is 0.487. The average Bonchev–Trinajstić information content (AvgIpc) is 2.43. The highest BCUT2D eigenvalue weighted by molar-refractivity contribution is 6.03. The molecule has 0 aliphatic carbocycles. The van der Waals surface area contributed by atoms with Gasteiger partial charge in [-0.25, -0.2) is 0 Å². The third-order valence-corrected chi connectivity index (χ3v) is 3.12. The number of likely N-dealkylation sites (N-methyl/N-ethyl adjacent to an activating group) is 1. The Morgan fingerprint density at radius 1 is 1.05 bits per heavy atom. The van der Waals surface area contributed by atoms with Gasteiger partial charge in [0, 0.05) is 0 Å². The van der Waals surface area contributed by atoms with Gasteiger partial charge in [-0.05, 0) is 33.2 Å². The fourth-order valence-electron chi connectivity index (χ4n) is 1.75. The van der Waals surface area contributed by atoms with Crippen molar-refractivity contribution in [3.8, 4) is 17.2 Å². The summed E-state index contributed by atoms with van der Waals surface area (Å²) in [5.74, 6) is 1.35. The van der Waals surface area contributed by atoms with Gasteiger partial charge in [0.05, 0.1) is 32.9 Å². The highest BCUT2D eigenvalue weighted by Crippen LogP contribution is 2.40. The van der Waals surface area contributed by atoms with Crippen molar-refractivity contribution in [2.45, 2.75) is 13.0 Å². The first-order valence-corrected chi connectivity index (χ1v) is 5.97. The molecule has 5 nitrogen and oxygen atoms in total. The summed E-state index contributed by atoms with van der Waals surface area (Å²) in [4.78, 5) is 14.3. The zero-order valence-electron chi connectivity index (χ0n) is 12.7. The molecule has 20 heavy (non-hydrogen) atoms. The number of halogens is 1. The topological polar surface area (TPSA) is 48.0 Å². The zero-order valence-corrected chi connectivity index (χ0v) is 13.5. The van der Waals surface area contributed by atoms with Crippen LogP contribution in [0.25, 0.3) is 0 Å². The number of rotatable bonds is 6. The Bertz CT molecular complexity index is 463. The second kappa shape index (κ2) is 7.97. The lowest BCUT2D eigenvalue weighted by Crippen LogP contribution is -2.33. The van der Waals surface area contributed by atoms with Crippen molar-refractivity contribution < 1.29 is 19.0 Å². The van der Waals surface area contributed by atoms with Gasteiger partial charge in [0.2, 0.25) is 5.75 Å². The number of ketones is 1. The third kappa shape index (κ3) is 3.55. The fourth-order valence-corrected chi connectivity index (χ4v) is 1.75. The van der Waals surface area contributed by atoms with Crippen molar-refractivity contribution in [3.63, 3.8) is 0 Å². The molecule has 0 aromatic heterocycles. The van der Waals surface area contributed by atoms with Crippen LogP contribution < -0.4 is 14.2 Å². The van der Waals surface area contributed by atoms with Crippen molar-refractivity contribution >= 4 is 18.2 Å². The maximum absolute atomic E-state index is 12.4. The number of nitrogens with zero attached hydrogens (tertiary/aromatic N) is 1. The predicted molar refractivity (Wildman–Crippen MR) is 80.8 cm³/mol. The van der Waals surface area contributed by atoms with Gasteiger partial charge < -0.3 is 14.2 Å². The molecule has 1 rings (SSSR count). The van der Waals surface area contributed by atoms with E-state index in [1.807, 2.05) is 25.9 Å². The Hall–Kier alpha value is -1.46. The Labute approximate surface area is 126 Å². The van der Waals surface area contributed by atoms with E-state index in [0.717, 1.165) is 0 Å². The summed E-state index contributed by atoms with van der Waals surface area (Å²) in [6.45, 7) is 1.85. The monoisotopic (exact) mass is 303 g/mol. The molecule has 0 bridgehead atoms. The Morgan fingerprint density at radius 2 is 1.60 bits per heavy atom. The lowest BCUT2D eigenvalue weighted by atomic mass is 10.0. The van der Waals surface area contributed by atoms with Crippen molar-refractivity contribution in [1.82, 2.24) is 4.90 Å². The van der Waals surface area contributed by atoms with E-state index in [0.29, 0.717) is 22.8 Å². The van der Waals surface area contributed by atoms with E-state index in [2.05, 4.69) is 0 Å². The minimum absolute atomic E-state index is 0. The number of carbonyl (C=O) groups is 1. The van der Waals surface area contributed by atoms with Gasteiger partial charge in [-0.2, -0.15) is 0 Å². The first-order chi connectivity index (χ1) is 8.97. The van der Waals surface area contributed by atoms with E-state index >= 15 is 0 Å². The van der Waals surface area contributed by atoms with Crippen LogP contribution in [0, 0.1) is 0 Å². The number of methoxy groups -OCH3 is 3. The summed E-state index contributed by atoms with van der Waals surface area (Å²) in [5, 5.41) is 0. The van der Waals surface area contributed by atoms with Gasteiger partial charge >= 0.3 is 0 Å². The molecule has 0 saturated heterocycles. The number of Topliss-reactive ketones (excluding diaryl/α,β-unsaturated/α-hetero) is 1. The first-order valence-electron chi connectivity index (χ1n) is 5.97. The van der Waals surface area contributed by atoms with Crippen LogP contribution in [0.5, 0.6) is 17.2 Å². The number of benzene rings is 1. The summed E-state index contributed by atoms with van der Waals surface area (Å²) in [6.07, 6.45) is 0. The maximum atomic E-state index is 12.4. The van der Waals surface area contributed by atoms with Crippen LogP contribution in [-0.2, 0) is 0 Å². The lowest BCUT2D eigenvalue weighted by Gasteiger charge is -2.21. The zero-order chi connectivity index (χ0) is 14.6. The first kappa shape index (κ1) is 18.5. The van der Waals surface area contributed by atoms with Gasteiger partial charge in [0.1, 0.15) is 0 Å². The van der Waals surface area contributed by atoms with Crippen LogP contribution >= 0.6 is 12.4 Å². The molecule has 0 radical (unpaired) electrons. The van der Waals surface area contributed by atoms with Crippen LogP contribution in [0.4, 0.5) is 0 Å². The van der Waals surface area contributed by atoms with Crippen LogP contribution in [0.15, 0.2) is 12.1 Å². The molecular weight excluding hydrogens is 282 g/mol. The minimum atomic E-state index is -0.244. The minimum Gasteiger partial charge on any atom is -0.493 e. The molecular formula is C14H22ClNO4. The van der Waals surface area contributed by atoms with Crippen molar-refractivity contribution in [3.05, 3.63) is 17.7 Å². The molecule has 0 saturated carbocycles. The van der Waals surface area contributed by atoms with Gasteiger partial charge in [0.15, 0.2) is 17.3 Å². The molecule has 0 aliphatic heterocycles. The molecule has 6 heteroatoms. The van der Waals surface area contributed by atoms with E-state index in [9.17, 15) is 4.79 Å². The normalized spacial score (nSPS) is 11.6. The van der Waals surface area contributed by atoms with Gasteiger partial charge in [-0.1, -0.05) is 0 Å². The van der Waals surface area contributed by atoms with Crippen LogP contribution in [0.1, 0.15) is 17.3 Å². The highest BCUT2D eigenvalue weighted by atomic mass is 35.5. The van der Waals surface area contributed by atoms with E-state index < -0.39 is 0 Å². The standard InChI is InChI=1S/C14H21NO4.ClH/c1-9(15(2)3)12(16)10-7-8-11(17-4)14(19-6)13(10)18-5;/h7-9H,1-6H3;1H. The number of hydrogen-bond donors (Lipinski definition) is 0. The quantitative estimate of drug-likeness (QED) is 0.755. The lowest BCUT2D eigenvalue weighted by molar-refractivity contribution is 0.0887. The van der Waals surface area contributed by atoms with E-state index in [1.54, 1.807) is 19.2 Å². The van der Waals surface area contributed by atoms with Gasteiger partial charge in [0.25, 0.3) is 0 Å². The molecule has 0 amide bonds. The molecule has 1 atom stereocenters. The largest absolute Gasteiger partial charge is 0.493 e. The number of hydrogen-bond acceptors (Lipinski definition) is 5. The SMILES string of the molecule is COc1ccc(C(=O)C(C)N(C)C)c(OC)c1OC.Cl. The summed E-state index contributed by atoms with van der Waals surface area (Å²) in [6, 6.07) is 3.16. The van der Waals surface area contributed by atoms with E-state index in [-0.39, 0.29) is 24.2 Å². The van der Waals surface area contributed by atoms with Crippen molar-refractivity contribution in [2.75, 3.05) is 35.4 Å². The third-order valence-electron chi connectivity index (χ3n) is 3.12. The summed E-state index contributed by atoms with van der Waals surface area (Å²) < 4.78 is 15.8. The molecule has 0 spiro atoms. The Kier molecular flexibility index (Phi) is 7.39. The van der Waals surface area contributed by atoms with Crippen LogP contribution in [0.2, 0.25) is 0 Å². The highest BCUT2D eigenvalue weighted by Gasteiger charge is 2.24. The summed E-state index contributed by atoms with van der Waals surface area (Å²) >= 11 is 0. The smallest absolute Gasteiger partial charge is 0.204 e. The maximum Gasteiger partial charge on any atom is 0.204 e. The van der Waals surface area contributed by atoms with Crippen LogP contribution in [0.3, 0.4) is 0 Å². The second-order valence-corrected chi connectivity index (χ2v) is 4.39. The Balaban J connectivity index is 0.00000361. The summed E-state index contributed by atoms with van der Waals surface area (Å²) in [7, 11) is 8.28.